The summed E-state index contributed by atoms with van der Waals surface area (Å²) in [7, 11) is 0. The van der Waals surface area contributed by atoms with E-state index >= 15 is 0 Å². The first-order chi connectivity index (χ1) is 29.8. The molecule has 10 aromatic carbocycles. The summed E-state index contributed by atoms with van der Waals surface area (Å²) in [6.45, 7) is 0. The van der Waals surface area contributed by atoms with Crippen LogP contribution >= 0.6 is 0 Å². The van der Waals surface area contributed by atoms with Gasteiger partial charge >= 0.3 is 0 Å². The molecule has 0 unspecified atom stereocenters. The van der Waals surface area contributed by atoms with E-state index in [4.69, 9.17) is 0 Å². The Morgan fingerprint density at radius 1 is 0.233 bits per heavy atom. The molecule has 12 rings (SSSR count). The van der Waals surface area contributed by atoms with Crippen molar-refractivity contribution in [1.82, 2.24) is 9.13 Å². The highest BCUT2D eigenvalue weighted by Crippen LogP contribution is 2.45. The molecule has 2 nitrogen and oxygen atoms in total. The Morgan fingerprint density at radius 3 is 1.40 bits per heavy atom. The van der Waals surface area contributed by atoms with Crippen LogP contribution in [0, 0.1) is 0 Å². The molecule has 60 heavy (non-hydrogen) atoms. The summed E-state index contributed by atoms with van der Waals surface area (Å²) in [5, 5.41) is 7.41. The van der Waals surface area contributed by atoms with Gasteiger partial charge in [-0.2, -0.15) is 0 Å². The van der Waals surface area contributed by atoms with Gasteiger partial charge in [-0.25, -0.2) is 0 Å². The lowest BCUT2D eigenvalue weighted by atomic mass is 9.92. The second kappa shape index (κ2) is 13.9. The summed E-state index contributed by atoms with van der Waals surface area (Å²) in [5.41, 5.74) is 16.7. The number of rotatable bonds is 6. The van der Waals surface area contributed by atoms with E-state index in [1.54, 1.807) is 0 Å². The van der Waals surface area contributed by atoms with Crippen molar-refractivity contribution in [1.29, 1.82) is 0 Å². The van der Waals surface area contributed by atoms with Crippen molar-refractivity contribution < 1.29 is 0 Å². The highest BCUT2D eigenvalue weighted by molar-refractivity contribution is 6.16. The monoisotopic (exact) mass is 762 g/mol. The number of nitrogens with zero attached hydrogens (tertiary/aromatic N) is 2. The molecule has 0 aliphatic heterocycles. The normalized spacial score (nSPS) is 11.7. The molecule has 2 aromatic heterocycles. The van der Waals surface area contributed by atoms with Crippen LogP contribution < -0.4 is 0 Å². The standard InChI is InChI=1S/C58H38N2/c1-3-17-39(18-4-1)42-33-35-56-51(37-42)52-38-43(40-19-5-2-6-20-40)34-36-57(52)59(56)54-30-13-11-26-47(54)45-24-9-10-25-46(45)49-28-16-29-50-48-27-12-14-31-55(48)60(58(49)50)53-32-15-22-41-21-7-8-23-44(41)53/h1-38H. The van der Waals surface area contributed by atoms with Crippen molar-refractivity contribution >= 4 is 54.4 Å². The Balaban J connectivity index is 1.12. The molecule has 2 heterocycles. The topological polar surface area (TPSA) is 9.86 Å². The fraction of sp³-hybridized carbons (Fsp3) is 0. The fourth-order valence-corrected chi connectivity index (χ4v) is 9.64. The highest BCUT2D eigenvalue weighted by atomic mass is 15.0. The van der Waals surface area contributed by atoms with Gasteiger partial charge in [0.05, 0.1) is 33.4 Å². The summed E-state index contributed by atoms with van der Waals surface area (Å²) >= 11 is 0. The van der Waals surface area contributed by atoms with E-state index in [0.29, 0.717) is 0 Å². The second-order valence-electron chi connectivity index (χ2n) is 15.6. The van der Waals surface area contributed by atoms with Crippen LogP contribution in [0.3, 0.4) is 0 Å². The Bertz CT molecular complexity index is 3490. The second-order valence-corrected chi connectivity index (χ2v) is 15.6. The first-order valence-corrected chi connectivity index (χ1v) is 20.7. The zero-order valence-corrected chi connectivity index (χ0v) is 32.8. The van der Waals surface area contributed by atoms with E-state index in [9.17, 15) is 0 Å². The van der Waals surface area contributed by atoms with Gasteiger partial charge in [0.1, 0.15) is 0 Å². The molecule has 0 saturated carbocycles. The fourth-order valence-electron chi connectivity index (χ4n) is 9.64. The first kappa shape index (κ1) is 34.1. The quantitative estimate of drug-likeness (QED) is 0.160. The molecule has 0 aliphatic rings. The molecule has 0 spiro atoms. The zero-order chi connectivity index (χ0) is 39.6. The van der Waals surface area contributed by atoms with Crippen molar-refractivity contribution in [2.75, 3.05) is 0 Å². The summed E-state index contributed by atoms with van der Waals surface area (Å²) in [6, 6.07) is 84.3. The van der Waals surface area contributed by atoms with Crippen LogP contribution in [0.5, 0.6) is 0 Å². The van der Waals surface area contributed by atoms with Crippen molar-refractivity contribution in [3.63, 3.8) is 0 Å². The lowest BCUT2D eigenvalue weighted by Gasteiger charge is -2.19. The van der Waals surface area contributed by atoms with E-state index < -0.39 is 0 Å². The number of hydrogen-bond donors (Lipinski definition) is 0. The molecule has 12 aromatic rings. The average Bonchev–Trinajstić information content (AvgIpc) is 3.84. The van der Waals surface area contributed by atoms with Crippen molar-refractivity contribution in [2.45, 2.75) is 0 Å². The molecule has 0 radical (unpaired) electrons. The molecule has 0 aliphatic carbocycles. The number of aromatic nitrogens is 2. The Labute approximate surface area is 348 Å². The van der Waals surface area contributed by atoms with Crippen LogP contribution in [-0.4, -0.2) is 9.13 Å². The van der Waals surface area contributed by atoms with E-state index in [0.717, 1.165) is 5.69 Å². The SMILES string of the molecule is c1ccc(-c2ccc3c(c2)c2cc(-c4ccccc4)ccc2n3-c2ccccc2-c2ccccc2-c2cccc3c4ccccc4n(-c4cccc5ccccc45)c23)cc1. The maximum absolute atomic E-state index is 2.49. The Morgan fingerprint density at radius 2 is 0.700 bits per heavy atom. The molecule has 0 amide bonds. The molecule has 280 valence electrons. The number of para-hydroxylation sites is 3. The predicted octanol–water partition coefficient (Wildman–Crippen LogP) is 15.7. The minimum Gasteiger partial charge on any atom is -0.309 e. The molecule has 0 fully saturated rings. The van der Waals surface area contributed by atoms with Crippen LogP contribution in [0.2, 0.25) is 0 Å². The summed E-state index contributed by atoms with van der Waals surface area (Å²) in [5.74, 6) is 0. The molecule has 0 bridgehead atoms. The summed E-state index contributed by atoms with van der Waals surface area (Å²) < 4.78 is 4.97. The van der Waals surface area contributed by atoms with Gasteiger partial charge in [0.25, 0.3) is 0 Å². The van der Waals surface area contributed by atoms with Crippen LogP contribution in [0.25, 0.3) is 110 Å². The molecular formula is C58H38N2. The van der Waals surface area contributed by atoms with Crippen LogP contribution in [-0.2, 0) is 0 Å². The van der Waals surface area contributed by atoms with Crippen LogP contribution in [0.4, 0.5) is 0 Å². The molecular weight excluding hydrogens is 725 g/mol. The average molecular weight is 763 g/mol. The largest absolute Gasteiger partial charge is 0.309 e. The van der Waals surface area contributed by atoms with Gasteiger partial charge in [-0.15, -0.1) is 0 Å². The highest BCUT2D eigenvalue weighted by Gasteiger charge is 2.22. The van der Waals surface area contributed by atoms with E-state index in [1.807, 2.05) is 0 Å². The molecule has 0 N–H and O–H groups in total. The third kappa shape index (κ3) is 5.35. The van der Waals surface area contributed by atoms with E-state index in [2.05, 4.69) is 240 Å². The summed E-state index contributed by atoms with van der Waals surface area (Å²) in [6.07, 6.45) is 0. The molecule has 0 atom stereocenters. The van der Waals surface area contributed by atoms with Gasteiger partial charge < -0.3 is 9.13 Å². The van der Waals surface area contributed by atoms with E-state index in [1.165, 1.54) is 105 Å². The zero-order valence-electron chi connectivity index (χ0n) is 32.8. The van der Waals surface area contributed by atoms with Crippen molar-refractivity contribution in [3.8, 4) is 55.9 Å². The van der Waals surface area contributed by atoms with Gasteiger partial charge in [0.15, 0.2) is 0 Å². The minimum absolute atomic E-state index is 1.15. The number of benzene rings is 10. The van der Waals surface area contributed by atoms with Gasteiger partial charge in [0, 0.05) is 38.1 Å². The molecule has 2 heteroatoms. The third-order valence-corrected chi connectivity index (χ3v) is 12.3. The van der Waals surface area contributed by atoms with Gasteiger partial charge in [-0.1, -0.05) is 188 Å². The van der Waals surface area contributed by atoms with Gasteiger partial charge in [-0.05, 0) is 81.2 Å². The molecule has 0 saturated heterocycles. The lowest BCUT2D eigenvalue weighted by molar-refractivity contribution is 1.18. The first-order valence-electron chi connectivity index (χ1n) is 20.7. The van der Waals surface area contributed by atoms with Crippen molar-refractivity contribution in [3.05, 3.63) is 231 Å². The Hall–Kier alpha value is -7.94. The summed E-state index contributed by atoms with van der Waals surface area (Å²) in [4.78, 5) is 0. The predicted molar refractivity (Wildman–Crippen MR) is 254 cm³/mol. The Kier molecular flexibility index (Phi) is 7.89. The maximum atomic E-state index is 2.49. The minimum atomic E-state index is 1.15. The van der Waals surface area contributed by atoms with Crippen LogP contribution in [0.15, 0.2) is 231 Å². The van der Waals surface area contributed by atoms with E-state index in [-0.39, 0.29) is 0 Å². The third-order valence-electron chi connectivity index (χ3n) is 12.3. The lowest BCUT2D eigenvalue weighted by Crippen LogP contribution is -1.99. The maximum Gasteiger partial charge on any atom is 0.0619 e. The van der Waals surface area contributed by atoms with Crippen LogP contribution in [0.1, 0.15) is 0 Å². The van der Waals surface area contributed by atoms with Crippen molar-refractivity contribution in [2.24, 2.45) is 0 Å². The van der Waals surface area contributed by atoms with Gasteiger partial charge in [0.2, 0.25) is 0 Å². The number of fused-ring (bicyclic) bond motifs is 7. The smallest absolute Gasteiger partial charge is 0.0619 e. The van der Waals surface area contributed by atoms with Gasteiger partial charge in [-0.3, -0.25) is 0 Å². The number of hydrogen-bond acceptors (Lipinski definition) is 0.